The lowest BCUT2D eigenvalue weighted by atomic mass is 10.0. The van der Waals surface area contributed by atoms with Crippen LogP contribution in [0.1, 0.15) is 24.4 Å². The number of rotatable bonds is 5. The van der Waals surface area contributed by atoms with Crippen molar-refractivity contribution in [1.82, 2.24) is 24.8 Å². The smallest absolute Gasteiger partial charge is 0.156 e. The molecule has 0 bridgehead atoms. The van der Waals surface area contributed by atoms with Crippen LogP contribution >= 0.6 is 0 Å². The van der Waals surface area contributed by atoms with E-state index in [1.807, 2.05) is 17.0 Å². The Morgan fingerprint density at radius 1 is 1.13 bits per heavy atom. The molecule has 0 radical (unpaired) electrons. The minimum absolute atomic E-state index is 0.253. The molecule has 2 aromatic heterocycles. The number of nitrogens with one attached hydrogen (secondary N) is 2. The average molecular weight is 425 g/mol. The molecule has 1 atom stereocenters. The van der Waals surface area contributed by atoms with E-state index in [0.717, 1.165) is 57.5 Å². The van der Waals surface area contributed by atoms with Crippen LogP contribution in [0.15, 0.2) is 48.9 Å². The van der Waals surface area contributed by atoms with Gasteiger partial charge in [-0.1, -0.05) is 6.58 Å². The maximum absolute atomic E-state index is 14.4. The third-order valence-corrected chi connectivity index (χ3v) is 5.98. The van der Waals surface area contributed by atoms with E-state index in [0.29, 0.717) is 22.8 Å². The zero-order chi connectivity index (χ0) is 21.4. The number of piperazine rings is 1. The number of halogens is 2. The summed E-state index contributed by atoms with van der Waals surface area (Å²) >= 11 is 0. The highest BCUT2D eigenvalue weighted by Gasteiger charge is 2.30. The normalized spacial score (nSPS) is 19.2. The molecule has 4 heterocycles. The van der Waals surface area contributed by atoms with E-state index in [1.54, 1.807) is 10.7 Å². The van der Waals surface area contributed by atoms with Gasteiger partial charge in [-0.25, -0.2) is 13.8 Å². The minimum atomic E-state index is -0.431. The number of benzene rings is 1. The molecule has 2 N–H and O–H groups in total. The Bertz CT molecular complexity index is 1110. The molecule has 2 aliphatic rings. The van der Waals surface area contributed by atoms with Crippen LogP contribution in [0.4, 0.5) is 20.4 Å². The van der Waals surface area contributed by atoms with Crippen molar-refractivity contribution in [2.75, 3.05) is 42.9 Å². The van der Waals surface area contributed by atoms with Gasteiger partial charge in [-0.2, -0.15) is 4.52 Å². The Labute approximate surface area is 179 Å². The lowest BCUT2D eigenvalue weighted by Crippen LogP contribution is -2.44. The number of imidazole rings is 1. The zero-order valence-corrected chi connectivity index (χ0v) is 17.2. The highest BCUT2D eigenvalue weighted by atomic mass is 19.1. The summed E-state index contributed by atoms with van der Waals surface area (Å²) in [5.41, 5.74) is 1.07. The maximum atomic E-state index is 14.4. The fourth-order valence-corrected chi connectivity index (χ4v) is 4.40. The monoisotopic (exact) mass is 425 g/mol. The van der Waals surface area contributed by atoms with Crippen LogP contribution in [0.2, 0.25) is 0 Å². The molecular formula is C22H25F2N7. The van der Waals surface area contributed by atoms with Crippen LogP contribution < -0.4 is 15.5 Å². The first kappa shape index (κ1) is 19.7. The first-order valence-corrected chi connectivity index (χ1v) is 10.6. The van der Waals surface area contributed by atoms with Crippen molar-refractivity contribution in [2.24, 2.45) is 0 Å². The minimum Gasteiger partial charge on any atom is -0.356 e. The van der Waals surface area contributed by atoms with Crippen molar-refractivity contribution in [3.63, 3.8) is 0 Å². The molecule has 0 unspecified atom stereocenters. The predicted molar refractivity (Wildman–Crippen MR) is 116 cm³/mol. The highest BCUT2D eigenvalue weighted by molar-refractivity contribution is 5.55. The fraction of sp³-hybridized carbons (Fsp3) is 0.364. The highest BCUT2D eigenvalue weighted by Crippen LogP contribution is 2.36. The fourth-order valence-electron chi connectivity index (χ4n) is 4.40. The van der Waals surface area contributed by atoms with E-state index in [1.165, 1.54) is 12.1 Å². The first-order chi connectivity index (χ1) is 15.1. The summed E-state index contributed by atoms with van der Waals surface area (Å²) in [5, 5.41) is 11.4. The molecule has 162 valence electrons. The lowest BCUT2D eigenvalue weighted by molar-refractivity contribution is 0.303. The van der Waals surface area contributed by atoms with Crippen LogP contribution in [0.5, 0.6) is 0 Å². The number of hydrogen-bond acceptors (Lipinski definition) is 6. The molecule has 2 aliphatic heterocycles. The molecule has 5 rings (SSSR count). The van der Waals surface area contributed by atoms with Gasteiger partial charge < -0.3 is 20.4 Å². The second-order valence-electron chi connectivity index (χ2n) is 7.93. The van der Waals surface area contributed by atoms with E-state index in [2.05, 4.69) is 27.1 Å². The van der Waals surface area contributed by atoms with E-state index >= 15 is 0 Å². The molecule has 0 spiro atoms. The first-order valence-electron chi connectivity index (χ1n) is 10.6. The van der Waals surface area contributed by atoms with Crippen molar-refractivity contribution in [3.05, 3.63) is 66.1 Å². The van der Waals surface area contributed by atoms with Crippen LogP contribution in [-0.2, 0) is 0 Å². The van der Waals surface area contributed by atoms with E-state index in [-0.39, 0.29) is 6.04 Å². The van der Waals surface area contributed by atoms with E-state index in [4.69, 9.17) is 5.10 Å². The quantitative estimate of drug-likeness (QED) is 0.655. The van der Waals surface area contributed by atoms with Crippen LogP contribution in [-0.4, -0.2) is 52.2 Å². The molecule has 3 aromatic rings. The largest absolute Gasteiger partial charge is 0.356 e. The van der Waals surface area contributed by atoms with Gasteiger partial charge in [-0.15, -0.1) is 5.10 Å². The molecule has 0 aliphatic carbocycles. The average Bonchev–Trinajstić information content (AvgIpc) is 3.43. The number of anilines is 2. The van der Waals surface area contributed by atoms with Gasteiger partial charge in [0.2, 0.25) is 0 Å². The third kappa shape index (κ3) is 3.81. The van der Waals surface area contributed by atoms with Gasteiger partial charge in [-0.05, 0) is 43.2 Å². The zero-order valence-electron chi connectivity index (χ0n) is 17.2. The molecule has 7 nitrogen and oxygen atoms in total. The number of nitrogens with zero attached hydrogens (tertiary/aromatic N) is 5. The van der Waals surface area contributed by atoms with Crippen LogP contribution in [0.25, 0.3) is 5.65 Å². The second kappa shape index (κ2) is 8.14. The molecule has 2 saturated heterocycles. The Morgan fingerprint density at radius 2 is 1.97 bits per heavy atom. The Balaban J connectivity index is 1.43. The molecule has 2 fully saturated rings. The summed E-state index contributed by atoms with van der Waals surface area (Å²) in [7, 11) is 0. The Kier molecular flexibility index (Phi) is 5.19. The summed E-state index contributed by atoms with van der Waals surface area (Å²) in [6.45, 7) is 8.50. The van der Waals surface area contributed by atoms with Gasteiger partial charge in [0.15, 0.2) is 11.5 Å². The molecular weight excluding hydrogens is 400 g/mol. The SMILES string of the molecule is C=C(Nc1cnc2ccc(N3CCC[C@@H]3c3cc(F)ccc3F)nn12)N1CCNCC1. The van der Waals surface area contributed by atoms with Gasteiger partial charge in [0.1, 0.15) is 17.5 Å². The third-order valence-electron chi connectivity index (χ3n) is 5.98. The van der Waals surface area contributed by atoms with Gasteiger partial charge in [0.05, 0.1) is 18.1 Å². The summed E-state index contributed by atoms with van der Waals surface area (Å²) < 4.78 is 30.0. The van der Waals surface area contributed by atoms with Gasteiger partial charge in [0.25, 0.3) is 0 Å². The van der Waals surface area contributed by atoms with Crippen molar-refractivity contribution in [1.29, 1.82) is 0 Å². The second-order valence-corrected chi connectivity index (χ2v) is 7.93. The number of fused-ring (bicyclic) bond motifs is 1. The number of hydrogen-bond donors (Lipinski definition) is 2. The van der Waals surface area contributed by atoms with Crippen LogP contribution in [0.3, 0.4) is 0 Å². The molecule has 31 heavy (non-hydrogen) atoms. The lowest BCUT2D eigenvalue weighted by Gasteiger charge is -2.31. The molecule has 0 saturated carbocycles. The van der Waals surface area contributed by atoms with E-state index in [9.17, 15) is 8.78 Å². The predicted octanol–water partition coefficient (Wildman–Crippen LogP) is 3.14. The maximum Gasteiger partial charge on any atom is 0.156 e. The van der Waals surface area contributed by atoms with Crippen LogP contribution in [0, 0.1) is 11.6 Å². The van der Waals surface area contributed by atoms with Crippen molar-refractivity contribution in [3.8, 4) is 0 Å². The topological polar surface area (TPSA) is 60.7 Å². The molecule has 9 heteroatoms. The van der Waals surface area contributed by atoms with Gasteiger partial charge in [0, 0.05) is 38.3 Å². The van der Waals surface area contributed by atoms with Crippen molar-refractivity contribution < 1.29 is 8.78 Å². The van der Waals surface area contributed by atoms with Gasteiger partial charge in [-0.3, -0.25) is 0 Å². The summed E-state index contributed by atoms with van der Waals surface area (Å²) in [4.78, 5) is 8.64. The molecule has 1 aromatic carbocycles. The van der Waals surface area contributed by atoms with Crippen molar-refractivity contribution >= 4 is 17.3 Å². The molecule has 0 amide bonds. The standard InChI is InChI=1S/C22H25F2N7/c1-15(29-11-8-25-9-12-29)27-22-14-26-20-6-7-21(28-31(20)22)30-10-2-3-19(30)17-13-16(23)4-5-18(17)24/h4-7,13-14,19,25,27H,1-3,8-12H2/t19-/m1/s1. The van der Waals surface area contributed by atoms with Gasteiger partial charge >= 0.3 is 0 Å². The summed E-state index contributed by atoms with van der Waals surface area (Å²) in [6, 6.07) is 7.15. The summed E-state index contributed by atoms with van der Waals surface area (Å²) in [5.74, 6) is 1.40. The van der Waals surface area contributed by atoms with Crippen molar-refractivity contribution in [2.45, 2.75) is 18.9 Å². The Morgan fingerprint density at radius 3 is 2.81 bits per heavy atom. The summed E-state index contributed by atoms with van der Waals surface area (Å²) in [6.07, 6.45) is 3.36. The van der Waals surface area contributed by atoms with E-state index < -0.39 is 11.6 Å². The Hall–Kier alpha value is -3.20. The number of aromatic nitrogens is 3.